The van der Waals surface area contributed by atoms with Crippen molar-refractivity contribution in [1.29, 1.82) is 0 Å². The Labute approximate surface area is 115 Å². The smallest absolute Gasteiger partial charge is 0.311 e. The molecule has 1 aromatic rings. The van der Waals surface area contributed by atoms with Crippen LogP contribution < -0.4 is 10.1 Å². The van der Waals surface area contributed by atoms with Gasteiger partial charge in [0.05, 0.1) is 4.92 Å². The molecule has 0 unspecified atom stereocenters. The van der Waals surface area contributed by atoms with Crippen molar-refractivity contribution in [3.63, 3.8) is 0 Å². The van der Waals surface area contributed by atoms with Gasteiger partial charge in [-0.3, -0.25) is 19.7 Å². The summed E-state index contributed by atoms with van der Waals surface area (Å²) < 4.78 is 5.14. The maximum absolute atomic E-state index is 11.5. The van der Waals surface area contributed by atoms with Crippen molar-refractivity contribution >= 4 is 17.9 Å². The minimum absolute atomic E-state index is 0.0258. The van der Waals surface area contributed by atoms with E-state index in [-0.39, 0.29) is 29.5 Å². The normalized spacial score (nSPS) is 13.6. The predicted octanol–water partition coefficient (Wildman–Crippen LogP) is 1.31. The molecule has 0 bridgehead atoms. The third kappa shape index (κ3) is 3.78. The fourth-order valence-corrected chi connectivity index (χ4v) is 1.65. The molecular weight excluding hydrogens is 264 g/mol. The molecule has 1 fully saturated rings. The second-order valence-electron chi connectivity index (χ2n) is 4.64. The van der Waals surface area contributed by atoms with Crippen LogP contribution in [0, 0.1) is 16.0 Å². The molecule has 0 atom stereocenters. The van der Waals surface area contributed by atoms with Crippen LogP contribution in [-0.4, -0.2) is 30.3 Å². The molecule has 0 spiro atoms. The Bertz CT molecular complexity index is 540. The number of carbonyl (C=O) groups is 2. The fraction of sp³-hybridized carbons (Fsp3) is 0.385. The van der Waals surface area contributed by atoms with Gasteiger partial charge in [0, 0.05) is 18.2 Å². The van der Waals surface area contributed by atoms with Gasteiger partial charge >= 0.3 is 5.69 Å². The van der Waals surface area contributed by atoms with Crippen molar-refractivity contribution in [2.24, 2.45) is 5.92 Å². The van der Waals surface area contributed by atoms with Crippen LogP contribution in [0.1, 0.15) is 23.2 Å². The highest BCUT2D eigenvalue weighted by molar-refractivity contribution is 5.79. The standard InChI is InChI=1S/C13H14N2O5/c16-7-10-3-4-12(11(5-10)15(18)19)20-8-13(17)14-6-9-1-2-9/h3-5,7,9H,1-2,6,8H2,(H,14,17). The highest BCUT2D eigenvalue weighted by Crippen LogP contribution is 2.28. The van der Waals surface area contributed by atoms with E-state index in [1.165, 1.54) is 12.1 Å². The first kappa shape index (κ1) is 14.0. The van der Waals surface area contributed by atoms with Gasteiger partial charge in [-0.2, -0.15) is 0 Å². The van der Waals surface area contributed by atoms with E-state index in [9.17, 15) is 19.7 Å². The Balaban J connectivity index is 1.95. The number of carbonyl (C=O) groups excluding carboxylic acids is 2. The molecule has 1 aromatic carbocycles. The number of rotatable bonds is 7. The van der Waals surface area contributed by atoms with Crippen LogP contribution in [-0.2, 0) is 4.79 Å². The molecule has 0 saturated heterocycles. The highest BCUT2D eigenvalue weighted by Gasteiger charge is 2.22. The zero-order valence-corrected chi connectivity index (χ0v) is 10.7. The van der Waals surface area contributed by atoms with Gasteiger partial charge in [0.25, 0.3) is 5.91 Å². The van der Waals surface area contributed by atoms with Crippen LogP contribution in [0.2, 0.25) is 0 Å². The van der Waals surface area contributed by atoms with E-state index in [0.717, 1.165) is 18.9 Å². The van der Waals surface area contributed by atoms with Crippen molar-refractivity contribution in [2.75, 3.05) is 13.2 Å². The Morgan fingerprint density at radius 3 is 2.85 bits per heavy atom. The van der Waals surface area contributed by atoms with Gasteiger partial charge in [-0.1, -0.05) is 0 Å². The third-order valence-electron chi connectivity index (χ3n) is 2.96. The lowest BCUT2D eigenvalue weighted by Gasteiger charge is -2.07. The molecule has 1 aliphatic rings. The summed E-state index contributed by atoms with van der Waals surface area (Å²) in [6.45, 7) is 0.336. The highest BCUT2D eigenvalue weighted by atomic mass is 16.6. The maximum Gasteiger partial charge on any atom is 0.311 e. The summed E-state index contributed by atoms with van der Waals surface area (Å²) in [7, 11) is 0. The second-order valence-corrected chi connectivity index (χ2v) is 4.64. The van der Waals surface area contributed by atoms with Crippen LogP contribution in [0.4, 0.5) is 5.69 Å². The number of hydrogen-bond donors (Lipinski definition) is 1. The summed E-state index contributed by atoms with van der Waals surface area (Å²) in [5.74, 6) is 0.216. The Morgan fingerprint density at radius 2 is 2.25 bits per heavy atom. The van der Waals surface area contributed by atoms with E-state index in [4.69, 9.17) is 4.74 Å². The van der Waals surface area contributed by atoms with Crippen LogP contribution >= 0.6 is 0 Å². The number of amides is 1. The largest absolute Gasteiger partial charge is 0.477 e. The number of hydrogen-bond acceptors (Lipinski definition) is 5. The van der Waals surface area contributed by atoms with Crippen molar-refractivity contribution < 1.29 is 19.2 Å². The van der Waals surface area contributed by atoms with Crippen molar-refractivity contribution in [1.82, 2.24) is 5.32 Å². The summed E-state index contributed by atoms with van der Waals surface area (Å²) in [6.07, 6.45) is 2.76. The monoisotopic (exact) mass is 278 g/mol. The number of aldehydes is 1. The number of benzene rings is 1. The summed E-state index contributed by atoms with van der Waals surface area (Å²) >= 11 is 0. The van der Waals surface area contributed by atoms with Gasteiger partial charge in [0.2, 0.25) is 0 Å². The second kappa shape index (κ2) is 6.14. The quantitative estimate of drug-likeness (QED) is 0.460. The molecule has 0 aromatic heterocycles. The SMILES string of the molecule is O=Cc1ccc(OCC(=O)NCC2CC2)c([N+](=O)[O-])c1. The first-order chi connectivity index (χ1) is 9.60. The van der Waals surface area contributed by atoms with Gasteiger partial charge in [-0.25, -0.2) is 0 Å². The first-order valence-electron chi connectivity index (χ1n) is 6.23. The molecule has 1 aliphatic carbocycles. The summed E-state index contributed by atoms with van der Waals surface area (Å²) in [4.78, 5) is 32.3. The average Bonchev–Trinajstić information content (AvgIpc) is 3.26. The van der Waals surface area contributed by atoms with E-state index in [2.05, 4.69) is 5.32 Å². The molecule has 0 radical (unpaired) electrons. The average molecular weight is 278 g/mol. The van der Waals surface area contributed by atoms with Crippen molar-refractivity contribution in [2.45, 2.75) is 12.8 Å². The van der Waals surface area contributed by atoms with E-state index >= 15 is 0 Å². The molecule has 0 heterocycles. The summed E-state index contributed by atoms with van der Waals surface area (Å²) in [5.41, 5.74) is -0.146. The van der Waals surface area contributed by atoms with Crippen LogP contribution in [0.5, 0.6) is 5.75 Å². The van der Waals surface area contributed by atoms with Crippen molar-refractivity contribution in [3.8, 4) is 5.75 Å². The number of nitrogens with zero attached hydrogens (tertiary/aromatic N) is 1. The van der Waals surface area contributed by atoms with Crippen LogP contribution in [0.25, 0.3) is 0 Å². The molecule has 1 amide bonds. The Hall–Kier alpha value is -2.44. The van der Waals surface area contributed by atoms with Gasteiger partial charge in [0.15, 0.2) is 12.4 Å². The molecule has 1 N–H and O–H groups in total. The predicted molar refractivity (Wildman–Crippen MR) is 69.7 cm³/mol. The van der Waals surface area contributed by atoms with E-state index in [1.54, 1.807) is 0 Å². The molecule has 1 saturated carbocycles. The lowest BCUT2D eigenvalue weighted by Crippen LogP contribution is -2.30. The molecule has 7 nitrogen and oxygen atoms in total. The minimum atomic E-state index is -0.648. The summed E-state index contributed by atoms with van der Waals surface area (Å²) in [5, 5.41) is 13.6. The molecule has 2 rings (SSSR count). The van der Waals surface area contributed by atoms with Crippen LogP contribution in [0.15, 0.2) is 18.2 Å². The van der Waals surface area contributed by atoms with Gasteiger partial charge in [-0.15, -0.1) is 0 Å². The minimum Gasteiger partial charge on any atom is -0.477 e. The van der Waals surface area contributed by atoms with Gasteiger partial charge in [0.1, 0.15) is 6.29 Å². The molecular formula is C13H14N2O5. The summed E-state index contributed by atoms with van der Waals surface area (Å²) in [6, 6.07) is 3.83. The number of nitro groups is 1. The van der Waals surface area contributed by atoms with E-state index in [1.807, 2.05) is 0 Å². The lowest BCUT2D eigenvalue weighted by atomic mass is 10.2. The molecule has 0 aliphatic heterocycles. The van der Waals surface area contributed by atoms with E-state index in [0.29, 0.717) is 18.7 Å². The first-order valence-corrected chi connectivity index (χ1v) is 6.23. The number of ether oxygens (including phenoxy) is 1. The van der Waals surface area contributed by atoms with Crippen LogP contribution in [0.3, 0.4) is 0 Å². The van der Waals surface area contributed by atoms with Gasteiger partial charge < -0.3 is 10.1 Å². The zero-order chi connectivity index (χ0) is 14.5. The molecule has 20 heavy (non-hydrogen) atoms. The van der Waals surface area contributed by atoms with Gasteiger partial charge in [-0.05, 0) is 30.9 Å². The molecule has 106 valence electrons. The third-order valence-corrected chi connectivity index (χ3v) is 2.96. The maximum atomic E-state index is 11.5. The van der Waals surface area contributed by atoms with E-state index < -0.39 is 4.92 Å². The number of nitrogens with one attached hydrogen (secondary N) is 1. The fourth-order valence-electron chi connectivity index (χ4n) is 1.65. The number of nitro benzene ring substituents is 1. The zero-order valence-electron chi connectivity index (χ0n) is 10.7. The Kier molecular flexibility index (Phi) is 4.29. The Morgan fingerprint density at radius 1 is 1.50 bits per heavy atom. The van der Waals surface area contributed by atoms with Crippen molar-refractivity contribution in [3.05, 3.63) is 33.9 Å². The lowest BCUT2D eigenvalue weighted by molar-refractivity contribution is -0.385. The molecule has 7 heteroatoms. The topological polar surface area (TPSA) is 98.5 Å².